The fourth-order valence-electron chi connectivity index (χ4n) is 4.39. The molecule has 0 bridgehead atoms. The van der Waals surface area contributed by atoms with Gasteiger partial charge in [0.25, 0.3) is 0 Å². The maximum absolute atomic E-state index is 13.1. The number of aromatic nitrogens is 1. The zero-order valence-electron chi connectivity index (χ0n) is 18.1. The first kappa shape index (κ1) is 20.1. The predicted molar refractivity (Wildman–Crippen MR) is 122 cm³/mol. The SMILES string of the molecule is Cn1cc(/C=C2/Oc3c(ccc([O-])c3C[NH+](C)Cc3ccccc3)C2=O)c2ccccc21. The summed E-state index contributed by atoms with van der Waals surface area (Å²) in [6, 6.07) is 21.2. The number of allylic oxidation sites excluding steroid dienone is 1. The van der Waals surface area contributed by atoms with E-state index in [0.717, 1.165) is 27.9 Å². The Balaban J connectivity index is 1.46. The average molecular weight is 425 g/mol. The molecule has 5 nitrogen and oxygen atoms in total. The minimum Gasteiger partial charge on any atom is -0.872 e. The van der Waals surface area contributed by atoms with Crippen molar-refractivity contribution in [2.45, 2.75) is 13.1 Å². The highest BCUT2D eigenvalue weighted by Crippen LogP contribution is 2.38. The summed E-state index contributed by atoms with van der Waals surface area (Å²) in [6.45, 7) is 1.25. The second kappa shape index (κ2) is 8.02. The quantitative estimate of drug-likeness (QED) is 0.501. The number of fused-ring (bicyclic) bond motifs is 2. The topological polar surface area (TPSA) is 58.7 Å². The van der Waals surface area contributed by atoms with Gasteiger partial charge in [0.05, 0.1) is 12.6 Å². The van der Waals surface area contributed by atoms with Crippen LogP contribution in [0.1, 0.15) is 27.0 Å². The molecule has 5 heteroatoms. The van der Waals surface area contributed by atoms with Crippen molar-refractivity contribution in [3.63, 3.8) is 0 Å². The number of Topliss-reactive ketones (excluding diaryl/α,β-unsaturated/α-hetero) is 1. The molecule has 3 aromatic carbocycles. The van der Waals surface area contributed by atoms with Crippen molar-refractivity contribution in [3.8, 4) is 11.5 Å². The number of ether oxygens (including phenoxy) is 1. The van der Waals surface area contributed by atoms with Gasteiger partial charge in [-0.25, -0.2) is 0 Å². The van der Waals surface area contributed by atoms with Crippen LogP contribution < -0.4 is 14.7 Å². The number of benzene rings is 3. The van der Waals surface area contributed by atoms with E-state index in [9.17, 15) is 9.90 Å². The van der Waals surface area contributed by atoms with E-state index in [0.29, 0.717) is 23.4 Å². The van der Waals surface area contributed by atoms with Gasteiger partial charge in [-0.15, -0.1) is 0 Å². The van der Waals surface area contributed by atoms with Gasteiger partial charge in [-0.1, -0.05) is 60.3 Å². The fraction of sp³-hybridized carbons (Fsp3) is 0.148. The van der Waals surface area contributed by atoms with E-state index in [-0.39, 0.29) is 17.3 Å². The van der Waals surface area contributed by atoms with Crippen LogP contribution in [0.25, 0.3) is 17.0 Å². The highest BCUT2D eigenvalue weighted by atomic mass is 16.5. The summed E-state index contributed by atoms with van der Waals surface area (Å²) < 4.78 is 8.06. The van der Waals surface area contributed by atoms with Crippen LogP contribution in [0.2, 0.25) is 0 Å². The summed E-state index contributed by atoms with van der Waals surface area (Å²) in [7, 11) is 4.01. The van der Waals surface area contributed by atoms with E-state index < -0.39 is 0 Å². The largest absolute Gasteiger partial charge is 0.872 e. The van der Waals surface area contributed by atoms with Crippen molar-refractivity contribution in [2.75, 3.05) is 7.05 Å². The van der Waals surface area contributed by atoms with Crippen LogP contribution in [0.15, 0.2) is 78.7 Å². The Bertz CT molecular complexity index is 1350. The van der Waals surface area contributed by atoms with E-state index in [1.807, 2.05) is 67.3 Å². The van der Waals surface area contributed by atoms with Gasteiger partial charge in [0, 0.05) is 40.8 Å². The molecule has 0 fully saturated rings. The summed E-state index contributed by atoms with van der Waals surface area (Å²) in [6.07, 6.45) is 3.76. The molecule has 1 aliphatic heterocycles. The first-order chi connectivity index (χ1) is 15.5. The molecule has 0 amide bonds. The number of para-hydroxylation sites is 1. The molecule has 0 spiro atoms. The van der Waals surface area contributed by atoms with E-state index >= 15 is 0 Å². The van der Waals surface area contributed by atoms with Gasteiger partial charge in [-0.05, 0) is 18.2 Å². The second-order valence-corrected chi connectivity index (χ2v) is 8.37. The number of quaternary nitrogens is 1. The lowest BCUT2D eigenvalue weighted by atomic mass is 10.0. The number of rotatable bonds is 5. The maximum Gasteiger partial charge on any atom is 0.231 e. The van der Waals surface area contributed by atoms with Crippen LogP contribution in [0.5, 0.6) is 11.5 Å². The zero-order valence-corrected chi connectivity index (χ0v) is 18.1. The lowest BCUT2D eigenvalue weighted by molar-refractivity contribution is -0.907. The third-order valence-corrected chi connectivity index (χ3v) is 5.94. The molecule has 160 valence electrons. The van der Waals surface area contributed by atoms with Gasteiger partial charge in [-0.3, -0.25) is 4.79 Å². The number of nitrogens with zero attached hydrogens (tertiary/aromatic N) is 1. The molecule has 1 atom stereocenters. The lowest BCUT2D eigenvalue weighted by Crippen LogP contribution is -3.06. The normalized spacial score (nSPS) is 15.2. The average Bonchev–Trinajstić information content (AvgIpc) is 3.28. The number of hydrogen-bond donors (Lipinski definition) is 1. The van der Waals surface area contributed by atoms with Gasteiger partial charge in [0.15, 0.2) is 5.76 Å². The fourth-order valence-corrected chi connectivity index (χ4v) is 4.39. The van der Waals surface area contributed by atoms with Gasteiger partial charge < -0.3 is 19.3 Å². The van der Waals surface area contributed by atoms with Crippen LogP contribution in [0.3, 0.4) is 0 Å². The summed E-state index contributed by atoms with van der Waals surface area (Å²) in [5.41, 5.74) is 4.19. The summed E-state index contributed by atoms with van der Waals surface area (Å²) >= 11 is 0. The van der Waals surface area contributed by atoms with Crippen molar-refractivity contribution in [1.29, 1.82) is 0 Å². The highest BCUT2D eigenvalue weighted by Gasteiger charge is 2.31. The number of ketones is 1. The van der Waals surface area contributed by atoms with Crippen molar-refractivity contribution >= 4 is 22.8 Å². The van der Waals surface area contributed by atoms with Gasteiger partial charge in [0.2, 0.25) is 5.78 Å². The summed E-state index contributed by atoms with van der Waals surface area (Å²) in [5.74, 6) is 0.371. The Morgan fingerprint density at radius 2 is 1.75 bits per heavy atom. The molecule has 0 saturated carbocycles. The number of hydrogen-bond acceptors (Lipinski definition) is 3. The molecular weight excluding hydrogens is 400 g/mol. The number of carbonyl (C=O) groups is 1. The summed E-state index contributed by atoms with van der Waals surface area (Å²) in [4.78, 5) is 14.2. The number of nitrogens with one attached hydrogen (secondary N) is 1. The van der Waals surface area contributed by atoms with Crippen LogP contribution in [-0.4, -0.2) is 17.4 Å². The maximum atomic E-state index is 13.1. The molecule has 1 N–H and O–H groups in total. The Morgan fingerprint density at radius 3 is 2.56 bits per heavy atom. The summed E-state index contributed by atoms with van der Waals surface area (Å²) in [5, 5.41) is 13.7. The van der Waals surface area contributed by atoms with Crippen molar-refractivity contribution in [2.24, 2.45) is 7.05 Å². The number of aryl methyl sites for hydroxylation is 1. The van der Waals surface area contributed by atoms with Crippen LogP contribution >= 0.6 is 0 Å². The minimum absolute atomic E-state index is 0.102. The number of carbonyl (C=O) groups excluding carboxylic acids is 1. The van der Waals surface area contributed by atoms with Crippen LogP contribution in [-0.2, 0) is 20.1 Å². The van der Waals surface area contributed by atoms with Crippen molar-refractivity contribution in [1.82, 2.24) is 4.57 Å². The van der Waals surface area contributed by atoms with Gasteiger partial charge in [-0.2, -0.15) is 0 Å². The van der Waals surface area contributed by atoms with E-state index in [2.05, 4.69) is 12.1 Å². The smallest absolute Gasteiger partial charge is 0.231 e. The van der Waals surface area contributed by atoms with Crippen molar-refractivity contribution in [3.05, 3.63) is 101 Å². The van der Waals surface area contributed by atoms with E-state index in [4.69, 9.17) is 4.74 Å². The molecule has 5 rings (SSSR count). The lowest BCUT2D eigenvalue weighted by Gasteiger charge is -2.20. The first-order valence-corrected chi connectivity index (χ1v) is 10.7. The van der Waals surface area contributed by atoms with Gasteiger partial charge in [0.1, 0.15) is 18.8 Å². The van der Waals surface area contributed by atoms with Crippen molar-refractivity contribution < 1.29 is 19.5 Å². The first-order valence-electron chi connectivity index (χ1n) is 10.7. The minimum atomic E-state index is -0.185. The molecule has 1 aromatic heterocycles. The molecule has 1 unspecified atom stereocenters. The third kappa shape index (κ3) is 3.57. The molecule has 32 heavy (non-hydrogen) atoms. The Hall–Kier alpha value is -3.83. The molecule has 2 heterocycles. The molecular formula is C27H24N2O3. The Morgan fingerprint density at radius 1 is 1.00 bits per heavy atom. The van der Waals surface area contributed by atoms with Crippen LogP contribution in [0.4, 0.5) is 0 Å². The Kier molecular flexibility index (Phi) is 5.04. The molecule has 0 saturated heterocycles. The predicted octanol–water partition coefficient (Wildman–Crippen LogP) is 3.08. The van der Waals surface area contributed by atoms with E-state index in [1.54, 1.807) is 12.1 Å². The monoisotopic (exact) mass is 424 g/mol. The molecule has 0 aliphatic carbocycles. The van der Waals surface area contributed by atoms with Crippen LogP contribution in [0, 0.1) is 0 Å². The van der Waals surface area contributed by atoms with E-state index in [1.165, 1.54) is 11.6 Å². The zero-order chi connectivity index (χ0) is 22.2. The second-order valence-electron chi connectivity index (χ2n) is 8.37. The molecule has 0 radical (unpaired) electrons. The van der Waals surface area contributed by atoms with Gasteiger partial charge >= 0.3 is 0 Å². The standard InChI is InChI=1S/C27H24N2O3/c1-28(15-18-8-4-3-5-9-18)17-22-24(30)13-12-21-26(31)25(32-27(21)22)14-19-16-29(2)23-11-7-6-10-20(19)23/h3-14,16,30H,15,17H2,1-2H3/b25-14+. The highest BCUT2D eigenvalue weighted by molar-refractivity contribution is 6.15. The molecule has 4 aromatic rings. The molecule has 1 aliphatic rings. The third-order valence-electron chi connectivity index (χ3n) is 5.94. The Labute approximate surface area is 186 Å².